The molecular formula is C7H8N4O. The zero-order chi connectivity index (χ0) is 8.72. The van der Waals surface area contributed by atoms with E-state index in [9.17, 15) is 4.79 Å². The Hall–Kier alpha value is -1.78. The molecule has 2 aromatic rings. The first-order valence-corrected chi connectivity index (χ1v) is 3.49. The first-order valence-electron chi connectivity index (χ1n) is 3.49. The van der Waals surface area contributed by atoms with E-state index in [0.717, 1.165) is 0 Å². The summed E-state index contributed by atoms with van der Waals surface area (Å²) in [5.74, 6) is 0. The number of rotatable bonds is 0. The predicted molar refractivity (Wildman–Crippen MR) is 44.8 cm³/mol. The van der Waals surface area contributed by atoms with Crippen molar-refractivity contribution < 1.29 is 0 Å². The summed E-state index contributed by atoms with van der Waals surface area (Å²) in [6, 6.07) is 3.42. The third-order valence-electron chi connectivity index (χ3n) is 1.69. The average Bonchev–Trinajstić information content (AvgIpc) is 2.31. The molecule has 12 heavy (non-hydrogen) atoms. The molecule has 2 aromatic heterocycles. The van der Waals surface area contributed by atoms with Gasteiger partial charge in [0.2, 0.25) is 0 Å². The molecule has 5 nitrogen and oxygen atoms in total. The zero-order valence-electron chi connectivity index (χ0n) is 6.56. The van der Waals surface area contributed by atoms with Crippen molar-refractivity contribution in [2.75, 3.05) is 5.73 Å². The van der Waals surface area contributed by atoms with Crippen LogP contribution >= 0.6 is 0 Å². The van der Waals surface area contributed by atoms with Crippen LogP contribution in [0.2, 0.25) is 0 Å². The second kappa shape index (κ2) is 2.10. The molecule has 0 aliphatic carbocycles. The second-order valence-electron chi connectivity index (χ2n) is 2.60. The molecular weight excluding hydrogens is 156 g/mol. The van der Waals surface area contributed by atoms with Crippen molar-refractivity contribution in [1.82, 2.24) is 14.2 Å². The minimum Gasteiger partial charge on any atom is -0.398 e. The van der Waals surface area contributed by atoms with Crippen LogP contribution in [0.1, 0.15) is 0 Å². The van der Waals surface area contributed by atoms with Gasteiger partial charge in [-0.15, -0.1) is 0 Å². The van der Waals surface area contributed by atoms with E-state index in [1.807, 2.05) is 0 Å². The number of aromatic nitrogens is 3. The Morgan fingerprint density at radius 1 is 1.50 bits per heavy atom. The summed E-state index contributed by atoms with van der Waals surface area (Å²) in [6.45, 7) is 0. The molecule has 0 saturated carbocycles. The van der Waals surface area contributed by atoms with Crippen molar-refractivity contribution in [3.05, 3.63) is 28.8 Å². The number of anilines is 1. The van der Waals surface area contributed by atoms with Gasteiger partial charge in [-0.3, -0.25) is 0 Å². The first kappa shape index (κ1) is 6.90. The lowest BCUT2D eigenvalue weighted by Crippen LogP contribution is -2.17. The largest absolute Gasteiger partial charge is 0.398 e. The van der Waals surface area contributed by atoms with Crippen LogP contribution in [0.25, 0.3) is 5.65 Å². The highest BCUT2D eigenvalue weighted by Gasteiger charge is 2.01. The minimum absolute atomic E-state index is 0.183. The van der Waals surface area contributed by atoms with Crippen molar-refractivity contribution in [2.24, 2.45) is 7.05 Å². The Kier molecular flexibility index (Phi) is 1.21. The van der Waals surface area contributed by atoms with Gasteiger partial charge in [-0.2, -0.15) is 5.10 Å². The molecule has 2 heterocycles. The molecule has 0 fully saturated rings. The van der Waals surface area contributed by atoms with Gasteiger partial charge in [0, 0.05) is 18.9 Å². The number of hydrogen-bond acceptors (Lipinski definition) is 3. The summed E-state index contributed by atoms with van der Waals surface area (Å²) >= 11 is 0. The van der Waals surface area contributed by atoms with Gasteiger partial charge in [0.15, 0.2) is 5.65 Å². The molecule has 0 unspecified atom stereocenters. The van der Waals surface area contributed by atoms with Gasteiger partial charge in [-0.25, -0.2) is 13.9 Å². The van der Waals surface area contributed by atoms with Crippen LogP contribution in [0.15, 0.2) is 23.1 Å². The van der Waals surface area contributed by atoms with Crippen molar-refractivity contribution >= 4 is 11.3 Å². The third-order valence-corrected chi connectivity index (χ3v) is 1.69. The van der Waals surface area contributed by atoms with Crippen molar-refractivity contribution in [3.8, 4) is 0 Å². The second-order valence-corrected chi connectivity index (χ2v) is 2.60. The van der Waals surface area contributed by atoms with Crippen molar-refractivity contribution in [3.63, 3.8) is 0 Å². The molecule has 0 saturated heterocycles. The molecule has 0 atom stereocenters. The van der Waals surface area contributed by atoms with E-state index < -0.39 is 0 Å². The van der Waals surface area contributed by atoms with E-state index >= 15 is 0 Å². The summed E-state index contributed by atoms with van der Waals surface area (Å²) in [4.78, 5) is 11.3. The maximum Gasteiger partial charge on any atom is 0.350 e. The smallest absolute Gasteiger partial charge is 0.350 e. The third kappa shape index (κ3) is 0.795. The number of fused-ring (bicyclic) bond motifs is 1. The molecule has 0 aliphatic rings. The standard InChI is InChI=1S/C7H8N4O/c1-10-7(12)11-4-5(8)2-3-6(11)9-10/h2-4H,8H2,1H3. The fraction of sp³-hybridized carbons (Fsp3) is 0.143. The van der Waals surface area contributed by atoms with Crippen LogP contribution < -0.4 is 11.4 Å². The highest BCUT2D eigenvalue weighted by molar-refractivity contribution is 5.45. The lowest BCUT2D eigenvalue weighted by atomic mass is 10.4. The molecule has 0 radical (unpaired) electrons. The molecule has 0 spiro atoms. The van der Waals surface area contributed by atoms with E-state index in [-0.39, 0.29) is 5.69 Å². The summed E-state index contributed by atoms with van der Waals surface area (Å²) in [6.07, 6.45) is 1.56. The summed E-state index contributed by atoms with van der Waals surface area (Å²) in [7, 11) is 1.60. The number of nitrogens with two attached hydrogens (primary N) is 1. The Balaban J connectivity index is 2.98. The van der Waals surface area contributed by atoms with Gasteiger partial charge in [-0.1, -0.05) is 0 Å². The number of nitrogen functional groups attached to an aromatic ring is 1. The van der Waals surface area contributed by atoms with Gasteiger partial charge in [0.25, 0.3) is 0 Å². The zero-order valence-corrected chi connectivity index (χ0v) is 6.56. The van der Waals surface area contributed by atoms with Crippen LogP contribution in [0.4, 0.5) is 5.69 Å². The van der Waals surface area contributed by atoms with E-state index in [2.05, 4.69) is 5.10 Å². The summed E-state index contributed by atoms with van der Waals surface area (Å²) in [5, 5.41) is 3.97. The monoisotopic (exact) mass is 164 g/mol. The molecule has 0 aromatic carbocycles. The highest BCUT2D eigenvalue weighted by atomic mass is 16.2. The summed E-state index contributed by atoms with van der Waals surface area (Å²) < 4.78 is 2.68. The van der Waals surface area contributed by atoms with Crippen LogP contribution in [-0.4, -0.2) is 14.2 Å². The molecule has 0 amide bonds. The van der Waals surface area contributed by atoms with E-state index in [0.29, 0.717) is 11.3 Å². The van der Waals surface area contributed by atoms with Gasteiger partial charge in [0.05, 0.1) is 0 Å². The lowest BCUT2D eigenvalue weighted by molar-refractivity contribution is 0.733. The predicted octanol–water partition coefficient (Wildman–Crippen LogP) is -0.385. The average molecular weight is 164 g/mol. The number of pyridine rings is 1. The van der Waals surface area contributed by atoms with Crippen LogP contribution in [-0.2, 0) is 7.05 Å². The molecule has 2 N–H and O–H groups in total. The van der Waals surface area contributed by atoms with Gasteiger partial charge in [-0.05, 0) is 12.1 Å². The number of aryl methyl sites for hydroxylation is 1. The maximum absolute atomic E-state index is 11.3. The molecule has 2 rings (SSSR count). The number of hydrogen-bond donors (Lipinski definition) is 1. The van der Waals surface area contributed by atoms with Crippen LogP contribution in [0.3, 0.4) is 0 Å². The Labute approximate surface area is 68.0 Å². The Morgan fingerprint density at radius 2 is 2.25 bits per heavy atom. The highest BCUT2D eigenvalue weighted by Crippen LogP contribution is 2.01. The molecule has 0 aliphatic heterocycles. The topological polar surface area (TPSA) is 65.3 Å². The first-order chi connectivity index (χ1) is 5.68. The van der Waals surface area contributed by atoms with Gasteiger partial charge < -0.3 is 5.73 Å². The van der Waals surface area contributed by atoms with E-state index in [1.165, 1.54) is 9.08 Å². The van der Waals surface area contributed by atoms with Crippen LogP contribution in [0, 0.1) is 0 Å². The van der Waals surface area contributed by atoms with E-state index in [1.54, 1.807) is 25.4 Å². The lowest BCUT2D eigenvalue weighted by Gasteiger charge is -1.91. The maximum atomic E-state index is 11.3. The molecule has 5 heteroatoms. The van der Waals surface area contributed by atoms with Gasteiger partial charge >= 0.3 is 5.69 Å². The fourth-order valence-electron chi connectivity index (χ4n) is 1.10. The Bertz CT molecular complexity index is 482. The number of nitrogens with zero attached hydrogens (tertiary/aromatic N) is 3. The molecule has 62 valence electrons. The van der Waals surface area contributed by atoms with Crippen molar-refractivity contribution in [2.45, 2.75) is 0 Å². The fourth-order valence-corrected chi connectivity index (χ4v) is 1.10. The van der Waals surface area contributed by atoms with E-state index in [4.69, 9.17) is 5.73 Å². The van der Waals surface area contributed by atoms with Gasteiger partial charge in [0.1, 0.15) is 0 Å². The normalized spacial score (nSPS) is 10.8. The molecule has 0 bridgehead atoms. The summed E-state index contributed by atoms with van der Waals surface area (Å²) in [5.41, 5.74) is 6.48. The SMILES string of the molecule is Cn1nc2ccc(N)cn2c1=O. The quantitative estimate of drug-likeness (QED) is 0.577. The Morgan fingerprint density at radius 3 is 3.00 bits per heavy atom. The minimum atomic E-state index is -0.183. The van der Waals surface area contributed by atoms with Crippen LogP contribution in [0.5, 0.6) is 0 Å². The van der Waals surface area contributed by atoms with Crippen molar-refractivity contribution in [1.29, 1.82) is 0 Å².